The summed E-state index contributed by atoms with van der Waals surface area (Å²) in [5.41, 5.74) is -0.230. The van der Waals surface area contributed by atoms with Gasteiger partial charge in [0.2, 0.25) is 5.95 Å². The zero-order valence-electron chi connectivity index (χ0n) is 10.7. The van der Waals surface area contributed by atoms with E-state index in [1.54, 1.807) is 0 Å². The Balaban J connectivity index is 0.000000224. The van der Waals surface area contributed by atoms with Gasteiger partial charge in [0, 0.05) is 32.4 Å². The van der Waals surface area contributed by atoms with Crippen molar-refractivity contribution >= 4 is 17.5 Å². The maximum Gasteiger partial charge on any atom is 0.253 e. The maximum atomic E-state index is 11.1. The molecule has 1 aromatic rings. The highest BCUT2D eigenvalue weighted by Gasteiger charge is 2.13. The smallest absolute Gasteiger partial charge is 0.253 e. The van der Waals surface area contributed by atoms with Gasteiger partial charge < -0.3 is 14.4 Å². The Morgan fingerprint density at radius 2 is 1.79 bits per heavy atom. The zero-order valence-corrected chi connectivity index (χ0v) is 11.5. The van der Waals surface area contributed by atoms with Crippen LogP contribution in [0.25, 0.3) is 0 Å². The van der Waals surface area contributed by atoms with Crippen LogP contribution < -0.4 is 10.5 Å². The van der Waals surface area contributed by atoms with Crippen LogP contribution in [0.1, 0.15) is 12.8 Å². The van der Waals surface area contributed by atoms with Gasteiger partial charge in [-0.3, -0.25) is 9.78 Å². The van der Waals surface area contributed by atoms with E-state index in [1.165, 1.54) is 18.9 Å². The van der Waals surface area contributed by atoms with Crippen LogP contribution >= 0.6 is 11.6 Å². The first-order chi connectivity index (χ1) is 9.25. The SMILES string of the molecule is C1CCOC1.O=c1cc(Cl)nc(N2CCOCC2)[nH]1. The Kier molecular flexibility index (Phi) is 5.62. The van der Waals surface area contributed by atoms with Gasteiger partial charge in [0.05, 0.1) is 13.2 Å². The lowest BCUT2D eigenvalue weighted by Gasteiger charge is -2.26. The number of halogens is 1. The molecule has 6 nitrogen and oxygen atoms in total. The third-order valence-electron chi connectivity index (χ3n) is 2.84. The number of anilines is 1. The summed E-state index contributed by atoms with van der Waals surface area (Å²) in [6.07, 6.45) is 2.56. The highest BCUT2D eigenvalue weighted by molar-refractivity contribution is 6.29. The van der Waals surface area contributed by atoms with Gasteiger partial charge >= 0.3 is 0 Å². The van der Waals surface area contributed by atoms with Gasteiger partial charge in [-0.25, -0.2) is 4.98 Å². The molecule has 0 radical (unpaired) electrons. The second-order valence-corrected chi connectivity index (χ2v) is 4.70. The van der Waals surface area contributed by atoms with Crippen molar-refractivity contribution < 1.29 is 9.47 Å². The molecule has 0 bridgehead atoms. The van der Waals surface area contributed by atoms with Crippen molar-refractivity contribution in [1.82, 2.24) is 9.97 Å². The minimum atomic E-state index is -0.230. The Morgan fingerprint density at radius 3 is 2.32 bits per heavy atom. The topological polar surface area (TPSA) is 67.4 Å². The van der Waals surface area contributed by atoms with E-state index in [-0.39, 0.29) is 10.7 Å². The number of hydrogen-bond donors (Lipinski definition) is 1. The molecule has 0 unspecified atom stereocenters. The molecule has 0 saturated carbocycles. The molecule has 0 aromatic carbocycles. The Bertz CT molecular complexity index is 434. The lowest BCUT2D eigenvalue weighted by atomic mass is 10.4. The molecule has 0 amide bonds. The summed E-state index contributed by atoms with van der Waals surface area (Å²) in [5.74, 6) is 0.519. The zero-order chi connectivity index (χ0) is 13.5. The van der Waals surface area contributed by atoms with Crippen LogP contribution in [0.3, 0.4) is 0 Å². The molecule has 7 heteroatoms. The molecule has 1 aromatic heterocycles. The van der Waals surface area contributed by atoms with E-state index >= 15 is 0 Å². The van der Waals surface area contributed by atoms with E-state index in [1.807, 2.05) is 4.90 Å². The van der Waals surface area contributed by atoms with E-state index in [4.69, 9.17) is 21.1 Å². The largest absolute Gasteiger partial charge is 0.381 e. The monoisotopic (exact) mass is 287 g/mol. The van der Waals surface area contributed by atoms with Crippen LogP contribution in [-0.4, -0.2) is 49.5 Å². The number of aromatic amines is 1. The summed E-state index contributed by atoms with van der Waals surface area (Å²) in [7, 11) is 0. The van der Waals surface area contributed by atoms with Crippen LogP contribution in [0.4, 0.5) is 5.95 Å². The van der Waals surface area contributed by atoms with Gasteiger partial charge in [-0.05, 0) is 12.8 Å². The number of nitrogens with zero attached hydrogens (tertiary/aromatic N) is 2. The molecule has 3 heterocycles. The lowest BCUT2D eigenvalue weighted by molar-refractivity contribution is 0.122. The summed E-state index contributed by atoms with van der Waals surface area (Å²) in [6, 6.07) is 1.26. The average Bonchev–Trinajstić information content (AvgIpc) is 2.98. The Morgan fingerprint density at radius 1 is 1.16 bits per heavy atom. The molecule has 2 aliphatic rings. The normalized spacial score (nSPS) is 18.9. The van der Waals surface area contributed by atoms with Gasteiger partial charge in [-0.2, -0.15) is 0 Å². The highest BCUT2D eigenvalue weighted by Crippen LogP contribution is 2.10. The van der Waals surface area contributed by atoms with Gasteiger partial charge in [0.25, 0.3) is 5.56 Å². The third-order valence-corrected chi connectivity index (χ3v) is 3.03. The van der Waals surface area contributed by atoms with Crippen molar-refractivity contribution in [2.24, 2.45) is 0 Å². The predicted octanol–water partition coefficient (Wildman–Crippen LogP) is 1.06. The number of aromatic nitrogens is 2. The van der Waals surface area contributed by atoms with Gasteiger partial charge in [-0.15, -0.1) is 0 Å². The van der Waals surface area contributed by atoms with Crippen molar-refractivity contribution in [3.05, 3.63) is 21.6 Å². The van der Waals surface area contributed by atoms with Crippen molar-refractivity contribution in [3.63, 3.8) is 0 Å². The van der Waals surface area contributed by atoms with Crippen molar-refractivity contribution in [2.45, 2.75) is 12.8 Å². The third kappa shape index (κ3) is 4.81. The van der Waals surface area contributed by atoms with E-state index < -0.39 is 0 Å². The van der Waals surface area contributed by atoms with Crippen LogP contribution in [0, 0.1) is 0 Å². The fourth-order valence-electron chi connectivity index (χ4n) is 1.85. The van der Waals surface area contributed by atoms with Crippen molar-refractivity contribution in [2.75, 3.05) is 44.4 Å². The Labute approximate surface area is 116 Å². The number of nitrogens with one attached hydrogen (secondary N) is 1. The van der Waals surface area contributed by atoms with Gasteiger partial charge in [0.15, 0.2) is 0 Å². The fraction of sp³-hybridized carbons (Fsp3) is 0.667. The molecule has 0 spiro atoms. The molecule has 2 aliphatic heterocycles. The summed E-state index contributed by atoms with van der Waals surface area (Å²) < 4.78 is 10.1. The first kappa shape index (κ1) is 14.3. The highest BCUT2D eigenvalue weighted by atomic mass is 35.5. The predicted molar refractivity (Wildman–Crippen MR) is 73.0 cm³/mol. The van der Waals surface area contributed by atoms with Crippen molar-refractivity contribution in [1.29, 1.82) is 0 Å². The molecule has 0 aliphatic carbocycles. The van der Waals surface area contributed by atoms with Gasteiger partial charge in [0.1, 0.15) is 5.15 Å². The number of hydrogen-bond acceptors (Lipinski definition) is 5. The van der Waals surface area contributed by atoms with Crippen LogP contribution in [0.5, 0.6) is 0 Å². The van der Waals surface area contributed by atoms with E-state index in [2.05, 4.69) is 9.97 Å². The van der Waals surface area contributed by atoms with E-state index in [0.29, 0.717) is 19.2 Å². The van der Waals surface area contributed by atoms with Crippen LogP contribution in [0.15, 0.2) is 10.9 Å². The molecule has 106 valence electrons. The minimum Gasteiger partial charge on any atom is -0.381 e. The van der Waals surface area contributed by atoms with Crippen molar-refractivity contribution in [3.8, 4) is 0 Å². The molecule has 2 fully saturated rings. The summed E-state index contributed by atoms with van der Waals surface area (Å²) in [6.45, 7) is 4.75. The molecule has 3 rings (SSSR count). The molecule has 1 N–H and O–H groups in total. The molecule has 19 heavy (non-hydrogen) atoms. The summed E-state index contributed by atoms with van der Waals surface area (Å²) in [4.78, 5) is 19.7. The minimum absolute atomic E-state index is 0.218. The second kappa shape index (κ2) is 7.47. The van der Waals surface area contributed by atoms with Gasteiger partial charge in [-0.1, -0.05) is 11.6 Å². The standard InChI is InChI=1S/C8H10ClN3O2.C4H8O/c9-6-5-7(13)11-8(10-6)12-1-3-14-4-2-12;1-2-4-5-3-1/h5H,1-4H2,(H,10,11,13);1-4H2. The first-order valence-corrected chi connectivity index (χ1v) is 6.81. The average molecular weight is 288 g/mol. The molecular weight excluding hydrogens is 270 g/mol. The Hall–Kier alpha value is -1.11. The second-order valence-electron chi connectivity index (χ2n) is 4.31. The quantitative estimate of drug-likeness (QED) is 0.782. The number of morpholine rings is 1. The molecule has 2 saturated heterocycles. The fourth-order valence-corrected chi connectivity index (χ4v) is 2.03. The van der Waals surface area contributed by atoms with Crippen LogP contribution in [-0.2, 0) is 9.47 Å². The maximum absolute atomic E-state index is 11.1. The van der Waals surface area contributed by atoms with Crippen LogP contribution in [0.2, 0.25) is 5.15 Å². The van der Waals surface area contributed by atoms with E-state index in [0.717, 1.165) is 26.3 Å². The summed E-state index contributed by atoms with van der Waals surface area (Å²) in [5, 5.41) is 0.218. The lowest BCUT2D eigenvalue weighted by Crippen LogP contribution is -2.38. The molecular formula is C12H18ClN3O3. The molecule has 0 atom stereocenters. The number of rotatable bonds is 1. The summed E-state index contributed by atoms with van der Waals surface area (Å²) >= 11 is 5.68. The number of ether oxygens (including phenoxy) is 2. The van der Waals surface area contributed by atoms with E-state index in [9.17, 15) is 4.79 Å². The first-order valence-electron chi connectivity index (χ1n) is 6.43. The number of H-pyrrole nitrogens is 1.